The number of carbonyl (C=O) groups is 1. The average molecular weight is 227 g/mol. The lowest BCUT2D eigenvalue weighted by molar-refractivity contribution is -0.132. The Morgan fingerprint density at radius 1 is 1.50 bits per heavy atom. The monoisotopic (exact) mass is 227 g/mol. The molecular formula is C12H21NO3. The molecule has 3 N–H and O–H groups in total. The molecule has 92 valence electrons. The molecule has 0 aromatic carbocycles. The predicted molar refractivity (Wildman–Crippen MR) is 62.2 cm³/mol. The molecule has 0 aromatic heterocycles. The van der Waals surface area contributed by atoms with Crippen LogP contribution in [0.25, 0.3) is 0 Å². The van der Waals surface area contributed by atoms with Gasteiger partial charge in [-0.25, -0.2) is 4.79 Å². The number of carboxylic acid groups (broad SMARTS) is 1. The molecule has 1 fully saturated rings. The fourth-order valence-electron chi connectivity index (χ4n) is 2.24. The first kappa shape index (κ1) is 13.2. The van der Waals surface area contributed by atoms with Gasteiger partial charge < -0.3 is 15.5 Å². The van der Waals surface area contributed by atoms with Crippen LogP contribution in [0.5, 0.6) is 0 Å². The molecular weight excluding hydrogens is 206 g/mol. The summed E-state index contributed by atoms with van der Waals surface area (Å²) in [5, 5.41) is 21.3. The zero-order chi connectivity index (χ0) is 12.0. The van der Waals surface area contributed by atoms with Crippen molar-refractivity contribution in [2.75, 3.05) is 13.2 Å². The van der Waals surface area contributed by atoms with E-state index in [2.05, 4.69) is 5.32 Å². The van der Waals surface area contributed by atoms with Crippen LogP contribution in [0.3, 0.4) is 0 Å². The third-order valence-corrected chi connectivity index (χ3v) is 3.28. The van der Waals surface area contributed by atoms with Crippen molar-refractivity contribution in [2.24, 2.45) is 5.92 Å². The Balaban J connectivity index is 2.36. The summed E-state index contributed by atoms with van der Waals surface area (Å²) in [7, 11) is 0. The van der Waals surface area contributed by atoms with Gasteiger partial charge in [0.2, 0.25) is 0 Å². The van der Waals surface area contributed by atoms with E-state index in [-0.39, 0.29) is 6.61 Å². The van der Waals surface area contributed by atoms with Gasteiger partial charge in [-0.1, -0.05) is 19.4 Å². The first-order valence-corrected chi connectivity index (χ1v) is 5.95. The van der Waals surface area contributed by atoms with Gasteiger partial charge in [0.1, 0.15) is 0 Å². The molecule has 0 amide bonds. The summed E-state index contributed by atoms with van der Waals surface area (Å²) in [6, 6.07) is 0.341. The molecule has 1 aliphatic carbocycles. The van der Waals surface area contributed by atoms with Crippen LogP contribution in [-0.2, 0) is 4.79 Å². The second kappa shape index (κ2) is 6.66. The average Bonchev–Trinajstić information content (AvgIpc) is 2.71. The number of carboxylic acids is 1. The highest BCUT2D eigenvalue weighted by atomic mass is 16.4. The Kier molecular flexibility index (Phi) is 5.49. The molecule has 1 rings (SSSR count). The summed E-state index contributed by atoms with van der Waals surface area (Å²) in [6.07, 6.45) is 5.57. The van der Waals surface area contributed by atoms with E-state index in [0.29, 0.717) is 30.5 Å². The maximum atomic E-state index is 10.7. The molecule has 0 saturated heterocycles. The van der Waals surface area contributed by atoms with E-state index in [4.69, 9.17) is 10.2 Å². The molecule has 0 bridgehead atoms. The van der Waals surface area contributed by atoms with Crippen molar-refractivity contribution < 1.29 is 15.0 Å². The Morgan fingerprint density at radius 2 is 2.25 bits per heavy atom. The first-order valence-electron chi connectivity index (χ1n) is 5.95. The van der Waals surface area contributed by atoms with E-state index in [1.165, 1.54) is 0 Å². The lowest BCUT2D eigenvalue weighted by Crippen LogP contribution is -2.34. The summed E-state index contributed by atoms with van der Waals surface area (Å²) in [5.41, 5.74) is 0.450. The first-order chi connectivity index (χ1) is 7.69. The summed E-state index contributed by atoms with van der Waals surface area (Å²) in [5.74, 6) is -0.502. The molecule has 2 unspecified atom stereocenters. The van der Waals surface area contributed by atoms with Gasteiger partial charge in [-0.05, 0) is 25.2 Å². The third kappa shape index (κ3) is 3.61. The zero-order valence-corrected chi connectivity index (χ0v) is 9.78. The van der Waals surface area contributed by atoms with Crippen molar-refractivity contribution in [1.82, 2.24) is 5.32 Å². The molecule has 1 aliphatic rings. The molecule has 0 heterocycles. The summed E-state index contributed by atoms with van der Waals surface area (Å²) in [4.78, 5) is 10.7. The minimum atomic E-state index is -0.838. The summed E-state index contributed by atoms with van der Waals surface area (Å²) < 4.78 is 0. The van der Waals surface area contributed by atoms with Crippen LogP contribution >= 0.6 is 0 Å². The van der Waals surface area contributed by atoms with Crippen LogP contribution in [0.4, 0.5) is 0 Å². The van der Waals surface area contributed by atoms with Crippen molar-refractivity contribution in [2.45, 2.75) is 38.6 Å². The minimum Gasteiger partial charge on any atom is -0.478 e. The molecule has 0 spiro atoms. The van der Waals surface area contributed by atoms with Crippen LogP contribution < -0.4 is 5.32 Å². The number of aliphatic carboxylic acids is 1. The lowest BCUT2D eigenvalue weighted by atomic mass is 10.1. The van der Waals surface area contributed by atoms with Crippen molar-refractivity contribution in [3.05, 3.63) is 11.6 Å². The van der Waals surface area contributed by atoms with E-state index in [9.17, 15) is 4.79 Å². The van der Waals surface area contributed by atoms with Crippen molar-refractivity contribution >= 4 is 5.97 Å². The largest absolute Gasteiger partial charge is 0.478 e. The number of hydrogen-bond acceptors (Lipinski definition) is 3. The van der Waals surface area contributed by atoms with Gasteiger partial charge in [0, 0.05) is 24.8 Å². The molecule has 2 atom stereocenters. The Bertz CT molecular complexity index is 263. The molecule has 4 nitrogen and oxygen atoms in total. The fourth-order valence-corrected chi connectivity index (χ4v) is 2.24. The number of aliphatic hydroxyl groups is 1. The second-order valence-corrected chi connectivity index (χ2v) is 4.28. The maximum Gasteiger partial charge on any atom is 0.331 e. The van der Waals surface area contributed by atoms with Gasteiger partial charge >= 0.3 is 5.97 Å². The zero-order valence-electron chi connectivity index (χ0n) is 9.78. The van der Waals surface area contributed by atoms with Crippen molar-refractivity contribution in [3.8, 4) is 0 Å². The van der Waals surface area contributed by atoms with Crippen LogP contribution in [0, 0.1) is 5.92 Å². The topological polar surface area (TPSA) is 69.6 Å². The van der Waals surface area contributed by atoms with E-state index < -0.39 is 5.97 Å². The summed E-state index contributed by atoms with van der Waals surface area (Å²) >= 11 is 0. The quantitative estimate of drug-likeness (QED) is 0.595. The van der Waals surface area contributed by atoms with Crippen LogP contribution in [0.1, 0.15) is 32.6 Å². The number of aliphatic hydroxyl groups excluding tert-OH is 1. The highest BCUT2D eigenvalue weighted by molar-refractivity contribution is 5.86. The van der Waals surface area contributed by atoms with Crippen LogP contribution in [0.15, 0.2) is 11.6 Å². The van der Waals surface area contributed by atoms with Gasteiger partial charge in [-0.3, -0.25) is 0 Å². The lowest BCUT2D eigenvalue weighted by Gasteiger charge is -2.18. The molecule has 0 aliphatic heterocycles. The number of nitrogens with one attached hydrogen (secondary N) is 1. The van der Waals surface area contributed by atoms with E-state index in [1.807, 2.05) is 6.92 Å². The fraction of sp³-hybridized carbons (Fsp3) is 0.750. The molecule has 4 heteroatoms. The second-order valence-electron chi connectivity index (χ2n) is 4.28. The number of hydrogen-bond donors (Lipinski definition) is 3. The molecule has 1 saturated carbocycles. The van der Waals surface area contributed by atoms with E-state index in [1.54, 1.807) is 6.08 Å². The van der Waals surface area contributed by atoms with Gasteiger partial charge in [0.15, 0.2) is 0 Å². The van der Waals surface area contributed by atoms with Crippen LogP contribution in [0.2, 0.25) is 0 Å². The van der Waals surface area contributed by atoms with Gasteiger partial charge in [-0.2, -0.15) is 0 Å². The van der Waals surface area contributed by atoms with Gasteiger partial charge in [-0.15, -0.1) is 0 Å². The maximum absolute atomic E-state index is 10.7. The van der Waals surface area contributed by atoms with Gasteiger partial charge in [0.25, 0.3) is 0 Å². The summed E-state index contributed by atoms with van der Waals surface area (Å²) in [6.45, 7) is 2.64. The predicted octanol–water partition coefficient (Wildman–Crippen LogP) is 1.16. The SMILES string of the molecule is CCC(=CCNC1CCCC1CO)C(=O)O. The van der Waals surface area contributed by atoms with Crippen molar-refractivity contribution in [1.29, 1.82) is 0 Å². The third-order valence-electron chi connectivity index (χ3n) is 3.28. The molecule has 0 radical (unpaired) electrons. The Morgan fingerprint density at radius 3 is 2.81 bits per heavy atom. The van der Waals surface area contributed by atoms with Crippen LogP contribution in [-0.4, -0.2) is 35.4 Å². The van der Waals surface area contributed by atoms with Crippen molar-refractivity contribution in [3.63, 3.8) is 0 Å². The normalized spacial score (nSPS) is 26.0. The Hall–Kier alpha value is -0.870. The van der Waals surface area contributed by atoms with Gasteiger partial charge in [0.05, 0.1) is 0 Å². The standard InChI is InChI=1S/C12H21NO3/c1-2-9(12(15)16)6-7-13-11-5-3-4-10(11)8-14/h6,10-11,13-14H,2-5,7-8H2,1H3,(H,15,16). The highest BCUT2D eigenvalue weighted by Gasteiger charge is 2.25. The van der Waals surface area contributed by atoms with E-state index in [0.717, 1.165) is 19.3 Å². The molecule has 16 heavy (non-hydrogen) atoms. The minimum absolute atomic E-state index is 0.223. The smallest absolute Gasteiger partial charge is 0.331 e. The highest BCUT2D eigenvalue weighted by Crippen LogP contribution is 2.24. The van der Waals surface area contributed by atoms with E-state index >= 15 is 0 Å². The Labute approximate surface area is 96.4 Å². The number of rotatable bonds is 6. The molecule has 0 aromatic rings.